The standard InChI is InChI=1S/C10H14F6O3/c1-3-8(9(11,12)13,10(14,15)16)7(17)19-6-5-18-4-2/h3-6H2,1-2H3. The predicted octanol–water partition coefficient (Wildman–Crippen LogP) is 3.09. The summed E-state index contributed by atoms with van der Waals surface area (Å²) in [6.45, 7) is 1.47. The summed E-state index contributed by atoms with van der Waals surface area (Å²) < 4.78 is 84.6. The molecule has 0 aliphatic heterocycles. The van der Waals surface area contributed by atoms with Crippen LogP contribution in [-0.4, -0.2) is 38.1 Å². The Morgan fingerprint density at radius 3 is 1.74 bits per heavy atom. The van der Waals surface area contributed by atoms with Gasteiger partial charge in [-0.1, -0.05) is 6.92 Å². The molecule has 0 spiro atoms. The molecule has 0 fully saturated rings. The summed E-state index contributed by atoms with van der Waals surface area (Å²) in [5.74, 6) is -2.35. The van der Waals surface area contributed by atoms with Gasteiger partial charge >= 0.3 is 18.3 Å². The van der Waals surface area contributed by atoms with Crippen LogP contribution in [0.25, 0.3) is 0 Å². The second-order valence-electron chi connectivity index (χ2n) is 3.59. The van der Waals surface area contributed by atoms with Crippen molar-refractivity contribution in [1.29, 1.82) is 0 Å². The minimum Gasteiger partial charge on any atom is -0.462 e. The van der Waals surface area contributed by atoms with Crippen LogP contribution >= 0.6 is 0 Å². The van der Waals surface area contributed by atoms with Crippen molar-refractivity contribution in [2.45, 2.75) is 32.6 Å². The van der Waals surface area contributed by atoms with Crippen molar-refractivity contribution in [1.82, 2.24) is 0 Å². The van der Waals surface area contributed by atoms with Crippen LogP contribution in [0.3, 0.4) is 0 Å². The van der Waals surface area contributed by atoms with E-state index in [4.69, 9.17) is 0 Å². The molecule has 0 rings (SSSR count). The minimum absolute atomic E-state index is 0.203. The first-order valence-corrected chi connectivity index (χ1v) is 5.43. The smallest absolute Gasteiger partial charge is 0.413 e. The van der Waals surface area contributed by atoms with Gasteiger partial charge in [0.2, 0.25) is 0 Å². The van der Waals surface area contributed by atoms with E-state index in [1.54, 1.807) is 6.92 Å². The van der Waals surface area contributed by atoms with Gasteiger partial charge in [-0.2, -0.15) is 26.3 Å². The van der Waals surface area contributed by atoms with Crippen molar-refractivity contribution in [3.63, 3.8) is 0 Å². The highest BCUT2D eigenvalue weighted by atomic mass is 19.4. The van der Waals surface area contributed by atoms with E-state index < -0.39 is 36.8 Å². The maximum Gasteiger partial charge on any atom is 0.413 e. The van der Waals surface area contributed by atoms with E-state index in [0.29, 0.717) is 6.92 Å². The van der Waals surface area contributed by atoms with Crippen molar-refractivity contribution < 1.29 is 40.6 Å². The van der Waals surface area contributed by atoms with Crippen molar-refractivity contribution in [2.75, 3.05) is 19.8 Å². The molecule has 19 heavy (non-hydrogen) atoms. The molecule has 0 saturated heterocycles. The largest absolute Gasteiger partial charge is 0.462 e. The van der Waals surface area contributed by atoms with Crippen LogP contribution in [0.5, 0.6) is 0 Å². The Morgan fingerprint density at radius 1 is 0.947 bits per heavy atom. The lowest BCUT2D eigenvalue weighted by Gasteiger charge is -2.33. The average molecular weight is 296 g/mol. The lowest BCUT2D eigenvalue weighted by atomic mass is 9.83. The fraction of sp³-hybridized carbons (Fsp3) is 0.900. The second kappa shape index (κ2) is 6.44. The zero-order valence-corrected chi connectivity index (χ0v) is 10.3. The summed E-state index contributed by atoms with van der Waals surface area (Å²) >= 11 is 0. The normalized spacial score (nSPS) is 13.5. The monoisotopic (exact) mass is 296 g/mol. The SMILES string of the molecule is CCOCCOC(=O)C(CC)(C(F)(F)F)C(F)(F)F. The Bertz CT molecular complexity index is 283. The number of hydrogen-bond acceptors (Lipinski definition) is 3. The van der Waals surface area contributed by atoms with E-state index in [9.17, 15) is 31.1 Å². The first kappa shape index (κ1) is 18.0. The molecule has 0 aromatic rings. The average Bonchev–Trinajstić information content (AvgIpc) is 2.22. The van der Waals surface area contributed by atoms with Gasteiger partial charge in [-0.25, -0.2) is 0 Å². The molecule has 0 unspecified atom stereocenters. The first-order chi connectivity index (χ1) is 8.54. The van der Waals surface area contributed by atoms with E-state index in [0.717, 1.165) is 0 Å². The van der Waals surface area contributed by atoms with Gasteiger partial charge in [0.15, 0.2) is 0 Å². The summed E-state index contributed by atoms with van der Waals surface area (Å²) in [4.78, 5) is 11.2. The molecule has 0 amide bonds. The third-order valence-electron chi connectivity index (χ3n) is 2.51. The Labute approximate surface area is 105 Å². The van der Waals surface area contributed by atoms with Crippen LogP contribution in [0.1, 0.15) is 20.3 Å². The summed E-state index contributed by atoms with van der Waals surface area (Å²) in [5.41, 5.74) is -4.49. The maximum atomic E-state index is 12.6. The van der Waals surface area contributed by atoms with Crippen LogP contribution in [0, 0.1) is 5.41 Å². The number of carbonyl (C=O) groups excluding carboxylic acids is 1. The molecule has 3 nitrogen and oxygen atoms in total. The Balaban J connectivity index is 5.11. The Kier molecular flexibility index (Phi) is 6.11. The second-order valence-corrected chi connectivity index (χ2v) is 3.59. The number of rotatable bonds is 6. The number of esters is 1. The molecule has 0 heterocycles. The molecule has 0 aliphatic carbocycles. The van der Waals surface area contributed by atoms with Crippen LogP contribution in [-0.2, 0) is 14.3 Å². The van der Waals surface area contributed by atoms with Crippen molar-refractivity contribution in [3.05, 3.63) is 0 Å². The molecular weight excluding hydrogens is 282 g/mol. The fourth-order valence-corrected chi connectivity index (χ4v) is 1.40. The number of hydrogen-bond donors (Lipinski definition) is 0. The number of carbonyl (C=O) groups is 1. The summed E-state index contributed by atoms with van der Waals surface area (Å²) in [6.07, 6.45) is -13.0. The molecule has 0 N–H and O–H groups in total. The fourth-order valence-electron chi connectivity index (χ4n) is 1.40. The van der Waals surface area contributed by atoms with E-state index in [-0.39, 0.29) is 13.2 Å². The summed E-state index contributed by atoms with van der Waals surface area (Å²) in [5, 5.41) is 0. The Hall–Kier alpha value is -0.990. The van der Waals surface area contributed by atoms with Crippen molar-refractivity contribution in [3.8, 4) is 0 Å². The highest BCUT2D eigenvalue weighted by Crippen LogP contribution is 2.53. The molecule has 0 aliphatic rings. The zero-order valence-electron chi connectivity index (χ0n) is 10.3. The topological polar surface area (TPSA) is 35.5 Å². The van der Waals surface area contributed by atoms with Crippen LogP contribution in [0.2, 0.25) is 0 Å². The maximum absolute atomic E-state index is 12.6. The number of alkyl halides is 6. The molecule has 0 bridgehead atoms. The molecule has 114 valence electrons. The van der Waals surface area contributed by atoms with Gasteiger partial charge in [-0.05, 0) is 13.3 Å². The highest BCUT2D eigenvalue weighted by molar-refractivity contribution is 5.79. The van der Waals surface area contributed by atoms with Gasteiger partial charge in [0, 0.05) is 6.61 Å². The van der Waals surface area contributed by atoms with Crippen LogP contribution < -0.4 is 0 Å². The van der Waals surface area contributed by atoms with E-state index in [1.807, 2.05) is 0 Å². The summed E-state index contributed by atoms with van der Waals surface area (Å²) in [7, 11) is 0. The van der Waals surface area contributed by atoms with Crippen LogP contribution in [0.15, 0.2) is 0 Å². The predicted molar refractivity (Wildman–Crippen MR) is 52.3 cm³/mol. The van der Waals surface area contributed by atoms with Gasteiger partial charge < -0.3 is 9.47 Å². The molecule has 0 aromatic carbocycles. The zero-order chi connectivity index (χ0) is 15.3. The molecule has 0 radical (unpaired) electrons. The first-order valence-electron chi connectivity index (χ1n) is 5.43. The van der Waals surface area contributed by atoms with Crippen molar-refractivity contribution in [2.24, 2.45) is 5.41 Å². The lowest BCUT2D eigenvalue weighted by molar-refractivity contribution is -0.333. The minimum atomic E-state index is -5.78. The molecule has 0 saturated carbocycles. The molecule has 0 atom stereocenters. The van der Waals surface area contributed by atoms with Crippen LogP contribution in [0.4, 0.5) is 26.3 Å². The highest BCUT2D eigenvalue weighted by Gasteiger charge is 2.75. The van der Waals surface area contributed by atoms with Gasteiger partial charge in [0.25, 0.3) is 5.41 Å². The third-order valence-corrected chi connectivity index (χ3v) is 2.51. The van der Waals surface area contributed by atoms with E-state index >= 15 is 0 Å². The van der Waals surface area contributed by atoms with E-state index in [2.05, 4.69) is 9.47 Å². The molecule has 9 heteroatoms. The molecule has 0 aromatic heterocycles. The van der Waals surface area contributed by atoms with Gasteiger partial charge in [0.05, 0.1) is 6.61 Å². The van der Waals surface area contributed by atoms with Gasteiger partial charge in [-0.3, -0.25) is 4.79 Å². The third kappa shape index (κ3) is 3.74. The van der Waals surface area contributed by atoms with E-state index in [1.165, 1.54) is 0 Å². The number of halogens is 6. The Morgan fingerprint density at radius 2 is 1.42 bits per heavy atom. The number of ether oxygens (including phenoxy) is 2. The quantitative estimate of drug-likeness (QED) is 0.429. The van der Waals surface area contributed by atoms with Gasteiger partial charge in [0.1, 0.15) is 6.61 Å². The van der Waals surface area contributed by atoms with Gasteiger partial charge in [-0.15, -0.1) is 0 Å². The molecular formula is C10H14F6O3. The lowest BCUT2D eigenvalue weighted by Crippen LogP contribution is -2.56. The van der Waals surface area contributed by atoms with Crippen molar-refractivity contribution >= 4 is 5.97 Å². The summed E-state index contributed by atoms with van der Waals surface area (Å²) in [6, 6.07) is 0.